The summed E-state index contributed by atoms with van der Waals surface area (Å²) in [6.45, 7) is 3.29. The van der Waals surface area contributed by atoms with Crippen molar-refractivity contribution in [3.63, 3.8) is 0 Å². The van der Waals surface area contributed by atoms with Gasteiger partial charge in [0, 0.05) is 25.2 Å². The first-order valence-electron chi connectivity index (χ1n) is 13.3. The van der Waals surface area contributed by atoms with E-state index in [4.69, 9.17) is 9.88 Å². The number of thiazole rings is 1. The largest absolute Gasteiger partial charge is 0.375 e. The second-order valence-corrected chi connectivity index (χ2v) is 14.5. The number of fused-ring (bicyclic) bond motifs is 1. The van der Waals surface area contributed by atoms with Gasteiger partial charge in [-0.2, -0.15) is 0 Å². The van der Waals surface area contributed by atoms with Gasteiger partial charge in [-0.15, -0.1) is 11.3 Å². The third-order valence-electron chi connectivity index (χ3n) is 7.34. The molecular weight excluding hydrogens is 589 g/mol. The Balaban J connectivity index is 1.41. The predicted octanol–water partition coefficient (Wildman–Crippen LogP) is 2.45. The summed E-state index contributed by atoms with van der Waals surface area (Å²) in [4.78, 5) is 32.7. The van der Waals surface area contributed by atoms with E-state index in [1.165, 1.54) is 0 Å². The second kappa shape index (κ2) is 11.9. The number of nitrogens with one attached hydrogen (secondary N) is 1. The third kappa shape index (κ3) is 6.68. The molecule has 0 radical (unpaired) electrons. The van der Waals surface area contributed by atoms with Crippen molar-refractivity contribution in [3.8, 4) is 11.1 Å². The number of aromatic nitrogens is 1. The minimum atomic E-state index is -3.82. The summed E-state index contributed by atoms with van der Waals surface area (Å²) >= 11 is -1.45. The molecule has 41 heavy (non-hydrogen) atoms. The molecule has 3 aromatic rings. The lowest BCUT2D eigenvalue weighted by Gasteiger charge is -2.31. The lowest BCUT2D eigenvalue weighted by molar-refractivity contribution is -0.124. The predicted molar refractivity (Wildman–Crippen MR) is 157 cm³/mol. The van der Waals surface area contributed by atoms with Crippen LogP contribution in [0.3, 0.4) is 0 Å². The number of amides is 2. The van der Waals surface area contributed by atoms with Gasteiger partial charge in [0.05, 0.1) is 28.7 Å². The Morgan fingerprint density at radius 2 is 1.93 bits per heavy atom. The topological polar surface area (TPSA) is 169 Å². The standard InChI is InChI=1S/C27H32N4O7S3/c1-17-16-31(11-12-38-17)24(32)20-6-4-19(5-7-20)21-8-9-22-23(14-21)39-26(30-22)27(40(34)35,15-18-2-3-18)25(33)29-10-13-41(28,36)37/h4-9,14,17-18H,2-3,10-13,15-16H2,1H3,(H,29,33)(H,34,35)(H2,28,36,37)/t17-,27?/m0/s1. The molecule has 11 nitrogen and oxygen atoms in total. The van der Waals surface area contributed by atoms with E-state index >= 15 is 0 Å². The molecule has 2 aromatic carbocycles. The van der Waals surface area contributed by atoms with Gasteiger partial charge >= 0.3 is 0 Å². The number of benzene rings is 2. The maximum absolute atomic E-state index is 13.4. The molecule has 2 fully saturated rings. The average molecular weight is 621 g/mol. The zero-order valence-corrected chi connectivity index (χ0v) is 24.9. The third-order valence-corrected chi connectivity index (χ3v) is 10.6. The van der Waals surface area contributed by atoms with Crippen molar-refractivity contribution in [3.05, 3.63) is 53.0 Å². The molecule has 2 amide bonds. The van der Waals surface area contributed by atoms with Gasteiger partial charge in [-0.25, -0.2) is 22.7 Å². The van der Waals surface area contributed by atoms with Crippen LogP contribution in [0.1, 0.15) is 41.6 Å². The number of rotatable bonds is 10. The first-order valence-corrected chi connectivity index (χ1v) is 16.9. The van der Waals surface area contributed by atoms with E-state index in [2.05, 4.69) is 10.3 Å². The average Bonchev–Trinajstić information content (AvgIpc) is 3.65. The van der Waals surface area contributed by atoms with Crippen LogP contribution in [0.2, 0.25) is 0 Å². The molecule has 0 spiro atoms. The summed E-state index contributed by atoms with van der Waals surface area (Å²) in [5.41, 5.74) is 2.91. The van der Waals surface area contributed by atoms with Gasteiger partial charge in [-0.3, -0.25) is 9.59 Å². The van der Waals surface area contributed by atoms with Gasteiger partial charge < -0.3 is 19.5 Å². The number of morpholine rings is 1. The van der Waals surface area contributed by atoms with Crippen molar-refractivity contribution in [2.75, 3.05) is 32.0 Å². The number of nitrogens with two attached hydrogens (primary N) is 1. The number of ether oxygens (including phenoxy) is 1. The van der Waals surface area contributed by atoms with E-state index in [1.807, 2.05) is 31.2 Å². The van der Waals surface area contributed by atoms with Crippen LogP contribution in [-0.2, 0) is 35.4 Å². The zero-order chi connectivity index (χ0) is 29.4. The Labute approximate surface area is 244 Å². The number of carbonyl (C=O) groups is 2. The second-order valence-electron chi connectivity index (χ2n) is 10.6. The van der Waals surface area contributed by atoms with Crippen LogP contribution in [0.4, 0.5) is 0 Å². The summed E-state index contributed by atoms with van der Waals surface area (Å²) in [6, 6.07) is 12.9. The molecule has 220 valence electrons. The maximum Gasteiger partial charge on any atom is 0.254 e. The first-order chi connectivity index (χ1) is 19.5. The fourth-order valence-corrected chi connectivity index (χ4v) is 7.57. The fraction of sp³-hybridized carbons (Fsp3) is 0.444. The van der Waals surface area contributed by atoms with Crippen LogP contribution in [0.15, 0.2) is 42.5 Å². The summed E-state index contributed by atoms with van der Waals surface area (Å²) in [7, 11) is -3.82. The number of hydrogen-bond acceptors (Lipinski definition) is 8. The molecule has 2 aliphatic rings. The molecule has 2 heterocycles. The van der Waals surface area contributed by atoms with Crippen LogP contribution in [0, 0.1) is 5.92 Å². The number of nitrogens with zero attached hydrogens (tertiary/aromatic N) is 2. The lowest BCUT2D eigenvalue weighted by Crippen LogP contribution is -2.49. The SMILES string of the molecule is C[C@H]1CN(C(=O)c2ccc(-c3ccc4nc(C(CC5CC5)(C(=O)NCCS(N)(=O)=O)S(=O)O)sc4c3)cc2)CCO1. The Hall–Kier alpha value is -2.75. The highest BCUT2D eigenvalue weighted by atomic mass is 32.2. The molecule has 1 saturated carbocycles. The Morgan fingerprint density at radius 3 is 2.56 bits per heavy atom. The molecule has 14 heteroatoms. The van der Waals surface area contributed by atoms with E-state index in [1.54, 1.807) is 23.1 Å². The van der Waals surface area contributed by atoms with E-state index in [-0.39, 0.29) is 35.9 Å². The van der Waals surface area contributed by atoms with Crippen molar-refractivity contribution >= 4 is 54.5 Å². The van der Waals surface area contributed by atoms with E-state index in [0.29, 0.717) is 30.8 Å². The molecule has 2 unspecified atom stereocenters. The highest BCUT2D eigenvalue weighted by Gasteiger charge is 2.52. The van der Waals surface area contributed by atoms with Crippen molar-refractivity contribution in [1.82, 2.24) is 15.2 Å². The van der Waals surface area contributed by atoms with Crippen LogP contribution in [0.5, 0.6) is 0 Å². The number of carbonyl (C=O) groups excluding carboxylic acids is 2. The molecule has 3 atom stereocenters. The van der Waals surface area contributed by atoms with Crippen LogP contribution < -0.4 is 10.5 Å². The van der Waals surface area contributed by atoms with Crippen molar-refractivity contribution in [2.24, 2.45) is 11.1 Å². The van der Waals surface area contributed by atoms with Gasteiger partial charge in [-0.05, 0) is 54.7 Å². The van der Waals surface area contributed by atoms with Crippen LogP contribution >= 0.6 is 11.3 Å². The highest BCUT2D eigenvalue weighted by Crippen LogP contribution is 2.46. The summed E-state index contributed by atoms with van der Waals surface area (Å²) in [5, 5.41) is 7.74. The Bertz CT molecular complexity index is 1590. The molecular formula is C27H32N4O7S3. The molecule has 1 saturated heterocycles. The van der Waals surface area contributed by atoms with Crippen molar-refractivity contribution < 1.29 is 31.5 Å². The number of sulfonamides is 1. The first kappa shape index (κ1) is 29.7. The fourth-order valence-electron chi connectivity index (χ4n) is 4.95. The summed E-state index contributed by atoms with van der Waals surface area (Å²) < 4.78 is 50.4. The minimum absolute atomic E-state index is 0.00225. The Morgan fingerprint density at radius 1 is 1.22 bits per heavy atom. The van der Waals surface area contributed by atoms with Gasteiger partial charge in [0.25, 0.3) is 5.91 Å². The minimum Gasteiger partial charge on any atom is -0.375 e. The van der Waals surface area contributed by atoms with Gasteiger partial charge in [0.1, 0.15) is 5.01 Å². The summed E-state index contributed by atoms with van der Waals surface area (Å²) in [5.74, 6) is -1.18. The quantitative estimate of drug-likeness (QED) is 0.290. The molecule has 0 bridgehead atoms. The normalized spacial score (nSPS) is 20.0. The molecule has 5 rings (SSSR count). The van der Waals surface area contributed by atoms with Gasteiger partial charge in [0.15, 0.2) is 11.1 Å². The monoisotopic (exact) mass is 620 g/mol. The van der Waals surface area contributed by atoms with Crippen LogP contribution in [0.25, 0.3) is 21.3 Å². The molecule has 1 aliphatic carbocycles. The maximum atomic E-state index is 13.4. The van der Waals surface area contributed by atoms with E-state index in [0.717, 1.165) is 40.0 Å². The number of primary sulfonamides is 1. The van der Waals surface area contributed by atoms with E-state index < -0.39 is 37.5 Å². The molecule has 1 aromatic heterocycles. The highest BCUT2D eigenvalue weighted by molar-refractivity contribution is 7.89. The van der Waals surface area contributed by atoms with Gasteiger partial charge in [0.2, 0.25) is 20.7 Å². The molecule has 4 N–H and O–H groups in total. The van der Waals surface area contributed by atoms with Crippen LogP contribution in [-0.4, -0.2) is 77.0 Å². The van der Waals surface area contributed by atoms with Crippen molar-refractivity contribution in [2.45, 2.75) is 37.0 Å². The zero-order valence-electron chi connectivity index (χ0n) is 22.4. The smallest absolute Gasteiger partial charge is 0.254 e. The van der Waals surface area contributed by atoms with Gasteiger partial charge in [-0.1, -0.05) is 31.0 Å². The molecule has 1 aliphatic heterocycles. The summed E-state index contributed by atoms with van der Waals surface area (Å²) in [6.07, 6.45) is 1.80. The van der Waals surface area contributed by atoms with E-state index in [9.17, 15) is 26.8 Å². The van der Waals surface area contributed by atoms with Crippen molar-refractivity contribution in [1.29, 1.82) is 0 Å². The lowest BCUT2D eigenvalue weighted by atomic mass is 10.0. The Kier molecular flexibility index (Phi) is 8.60. The number of hydrogen-bond donors (Lipinski definition) is 3.